The average molecular weight is 280 g/mol. The summed E-state index contributed by atoms with van der Waals surface area (Å²) < 4.78 is 3.18. The summed E-state index contributed by atoms with van der Waals surface area (Å²) in [5, 5.41) is 10.2. The van der Waals surface area contributed by atoms with E-state index in [1.54, 1.807) is 0 Å². The summed E-state index contributed by atoms with van der Waals surface area (Å²) in [7, 11) is 0. The molecule has 1 aromatic heterocycles. The number of aliphatic carboxylic acids is 1. The smallest absolute Gasteiger partial charge is 0.308 e. The molecule has 0 spiro atoms. The Morgan fingerprint density at radius 1 is 1.50 bits per heavy atom. The van der Waals surface area contributed by atoms with Crippen LogP contribution in [0.15, 0.2) is 28.7 Å². The van der Waals surface area contributed by atoms with Crippen molar-refractivity contribution in [2.45, 2.75) is 13.0 Å². The molecule has 16 heavy (non-hydrogen) atoms. The first kappa shape index (κ1) is 9.90. The van der Waals surface area contributed by atoms with Crippen molar-refractivity contribution in [2.24, 2.45) is 5.92 Å². The van der Waals surface area contributed by atoms with Gasteiger partial charge in [-0.1, -0.05) is 22.0 Å². The van der Waals surface area contributed by atoms with Gasteiger partial charge in [-0.15, -0.1) is 0 Å². The van der Waals surface area contributed by atoms with E-state index in [2.05, 4.69) is 26.6 Å². The van der Waals surface area contributed by atoms with Gasteiger partial charge in [0.15, 0.2) is 0 Å². The standard InChI is InChI=1S/C12H10BrNO2/c13-10-2-1-3-11-9(10)5-8-4-7(12(15)16)6-14(8)11/h1-3,5,7H,4,6H2,(H,15,16). The molecular weight excluding hydrogens is 270 g/mol. The zero-order valence-corrected chi connectivity index (χ0v) is 10.1. The van der Waals surface area contributed by atoms with Gasteiger partial charge < -0.3 is 9.67 Å². The third kappa shape index (κ3) is 1.29. The molecule has 4 heteroatoms. The number of halogens is 1. The normalized spacial score (nSPS) is 18.9. The average Bonchev–Trinajstić information content (AvgIpc) is 2.76. The fraction of sp³-hybridized carbons (Fsp3) is 0.250. The molecule has 1 aliphatic heterocycles. The van der Waals surface area contributed by atoms with Crippen molar-refractivity contribution < 1.29 is 9.90 Å². The van der Waals surface area contributed by atoms with E-state index in [4.69, 9.17) is 5.11 Å². The minimum atomic E-state index is -0.702. The molecule has 1 atom stereocenters. The van der Waals surface area contributed by atoms with Crippen LogP contribution in [0.1, 0.15) is 5.69 Å². The lowest BCUT2D eigenvalue weighted by molar-refractivity contribution is -0.141. The van der Waals surface area contributed by atoms with Crippen LogP contribution < -0.4 is 0 Å². The van der Waals surface area contributed by atoms with E-state index in [1.807, 2.05) is 18.2 Å². The van der Waals surface area contributed by atoms with Gasteiger partial charge in [-0.2, -0.15) is 0 Å². The molecule has 0 amide bonds. The summed E-state index contributed by atoms with van der Waals surface area (Å²) in [5.74, 6) is -0.967. The van der Waals surface area contributed by atoms with Crippen LogP contribution in [-0.2, 0) is 17.8 Å². The number of nitrogens with zero attached hydrogens (tertiary/aromatic N) is 1. The first-order chi connectivity index (χ1) is 7.66. The van der Waals surface area contributed by atoms with Gasteiger partial charge in [-0.25, -0.2) is 0 Å². The minimum absolute atomic E-state index is 0.265. The Kier molecular flexibility index (Phi) is 2.07. The van der Waals surface area contributed by atoms with Crippen LogP contribution in [0.3, 0.4) is 0 Å². The van der Waals surface area contributed by atoms with Crippen LogP contribution >= 0.6 is 15.9 Å². The van der Waals surface area contributed by atoms with Crippen LogP contribution in [0.4, 0.5) is 0 Å². The van der Waals surface area contributed by atoms with Crippen LogP contribution in [-0.4, -0.2) is 15.6 Å². The van der Waals surface area contributed by atoms with E-state index >= 15 is 0 Å². The highest BCUT2D eigenvalue weighted by molar-refractivity contribution is 9.10. The minimum Gasteiger partial charge on any atom is -0.481 e. The molecule has 0 bridgehead atoms. The van der Waals surface area contributed by atoms with Crippen LogP contribution in [0, 0.1) is 5.92 Å². The van der Waals surface area contributed by atoms with Crippen molar-refractivity contribution in [3.63, 3.8) is 0 Å². The quantitative estimate of drug-likeness (QED) is 0.872. The second kappa shape index (κ2) is 3.35. The highest BCUT2D eigenvalue weighted by atomic mass is 79.9. The molecule has 3 nitrogen and oxygen atoms in total. The molecule has 82 valence electrons. The van der Waals surface area contributed by atoms with Gasteiger partial charge in [0.2, 0.25) is 0 Å². The molecule has 0 saturated carbocycles. The van der Waals surface area contributed by atoms with Gasteiger partial charge in [0.25, 0.3) is 0 Å². The van der Waals surface area contributed by atoms with E-state index in [0.29, 0.717) is 13.0 Å². The predicted octanol–water partition coefficient (Wildman–Crippen LogP) is 2.66. The van der Waals surface area contributed by atoms with Gasteiger partial charge in [0, 0.05) is 34.0 Å². The summed E-state index contributed by atoms with van der Waals surface area (Å²) in [6.45, 7) is 0.588. The number of fused-ring (bicyclic) bond motifs is 3. The predicted molar refractivity (Wildman–Crippen MR) is 64.5 cm³/mol. The topological polar surface area (TPSA) is 42.2 Å². The van der Waals surface area contributed by atoms with E-state index in [0.717, 1.165) is 15.7 Å². The fourth-order valence-corrected chi connectivity index (χ4v) is 2.86. The summed E-state index contributed by atoms with van der Waals surface area (Å²) in [4.78, 5) is 10.9. The van der Waals surface area contributed by atoms with Gasteiger partial charge in [-0.05, 0) is 18.2 Å². The number of carboxylic acids is 1. The number of aromatic nitrogens is 1. The highest BCUT2D eigenvalue weighted by Crippen LogP contribution is 2.32. The molecule has 0 aliphatic carbocycles. The molecule has 3 rings (SSSR count). The molecule has 0 radical (unpaired) electrons. The Labute approximate surface area is 101 Å². The lowest BCUT2D eigenvalue weighted by Gasteiger charge is -2.04. The molecule has 1 aliphatic rings. The Morgan fingerprint density at radius 3 is 3.06 bits per heavy atom. The Balaban J connectivity index is 2.15. The third-order valence-corrected chi connectivity index (χ3v) is 3.88. The molecule has 1 N–H and O–H groups in total. The zero-order chi connectivity index (χ0) is 11.3. The van der Waals surface area contributed by atoms with E-state index in [1.165, 1.54) is 5.39 Å². The van der Waals surface area contributed by atoms with Gasteiger partial charge in [0.1, 0.15) is 0 Å². The molecule has 2 heterocycles. The maximum absolute atomic E-state index is 10.9. The number of rotatable bonds is 1. The molecule has 1 unspecified atom stereocenters. The Bertz CT molecular complexity index is 588. The maximum Gasteiger partial charge on any atom is 0.308 e. The van der Waals surface area contributed by atoms with Crippen molar-refractivity contribution in [1.82, 2.24) is 4.57 Å². The number of benzene rings is 1. The highest BCUT2D eigenvalue weighted by Gasteiger charge is 2.28. The van der Waals surface area contributed by atoms with Crippen molar-refractivity contribution in [3.05, 3.63) is 34.4 Å². The number of carboxylic acid groups (broad SMARTS) is 1. The van der Waals surface area contributed by atoms with Crippen molar-refractivity contribution in [2.75, 3.05) is 0 Å². The molecular formula is C12H10BrNO2. The van der Waals surface area contributed by atoms with Gasteiger partial charge >= 0.3 is 5.97 Å². The number of hydrogen-bond acceptors (Lipinski definition) is 1. The monoisotopic (exact) mass is 279 g/mol. The molecule has 0 fully saturated rings. The maximum atomic E-state index is 10.9. The third-order valence-electron chi connectivity index (χ3n) is 3.19. The van der Waals surface area contributed by atoms with Crippen molar-refractivity contribution in [1.29, 1.82) is 0 Å². The summed E-state index contributed by atoms with van der Waals surface area (Å²) in [6.07, 6.45) is 0.635. The Hall–Kier alpha value is -1.29. The van der Waals surface area contributed by atoms with Gasteiger partial charge in [-0.3, -0.25) is 4.79 Å². The lowest BCUT2D eigenvalue weighted by atomic mass is 10.1. The van der Waals surface area contributed by atoms with Crippen molar-refractivity contribution in [3.8, 4) is 0 Å². The van der Waals surface area contributed by atoms with Crippen LogP contribution in [0.25, 0.3) is 10.9 Å². The summed E-state index contributed by atoms with van der Waals surface area (Å²) >= 11 is 3.51. The number of carbonyl (C=O) groups is 1. The SMILES string of the molecule is O=C(O)C1Cc2cc3c(Br)cccc3n2C1. The summed E-state index contributed by atoms with van der Waals surface area (Å²) in [6, 6.07) is 8.11. The summed E-state index contributed by atoms with van der Waals surface area (Å²) in [5.41, 5.74) is 2.24. The van der Waals surface area contributed by atoms with E-state index in [-0.39, 0.29) is 5.92 Å². The largest absolute Gasteiger partial charge is 0.481 e. The first-order valence-corrected chi connectivity index (χ1v) is 5.95. The van der Waals surface area contributed by atoms with E-state index < -0.39 is 5.97 Å². The van der Waals surface area contributed by atoms with E-state index in [9.17, 15) is 4.79 Å². The lowest BCUT2D eigenvalue weighted by Crippen LogP contribution is -2.14. The second-order valence-electron chi connectivity index (χ2n) is 4.16. The first-order valence-electron chi connectivity index (χ1n) is 5.16. The zero-order valence-electron chi connectivity index (χ0n) is 8.48. The number of hydrogen-bond donors (Lipinski definition) is 1. The molecule has 2 aromatic rings. The van der Waals surface area contributed by atoms with Gasteiger partial charge in [0.05, 0.1) is 5.92 Å². The fourth-order valence-electron chi connectivity index (χ4n) is 2.39. The molecule has 0 saturated heterocycles. The Morgan fingerprint density at radius 2 is 2.31 bits per heavy atom. The van der Waals surface area contributed by atoms with Crippen LogP contribution in [0.2, 0.25) is 0 Å². The van der Waals surface area contributed by atoms with Crippen LogP contribution in [0.5, 0.6) is 0 Å². The second-order valence-corrected chi connectivity index (χ2v) is 5.01. The van der Waals surface area contributed by atoms with Crippen molar-refractivity contribution >= 4 is 32.8 Å². The molecule has 1 aromatic carbocycles.